The maximum Gasteiger partial charge on any atom is 0.118 e. The van der Waals surface area contributed by atoms with Gasteiger partial charge in [0.1, 0.15) is 5.75 Å². The summed E-state index contributed by atoms with van der Waals surface area (Å²) in [5, 5.41) is 11.7. The summed E-state index contributed by atoms with van der Waals surface area (Å²) in [6.07, 6.45) is 2.27. The van der Waals surface area contributed by atoms with E-state index in [1.807, 2.05) is 48.5 Å². The monoisotopic (exact) mass is 483 g/mol. The molecule has 182 valence electrons. The molecule has 1 heterocycles. The van der Waals surface area contributed by atoms with Gasteiger partial charge in [0, 0.05) is 50.6 Å². The Balaban J connectivity index is 1.55. The summed E-state index contributed by atoms with van der Waals surface area (Å²) < 4.78 is 7.66. The van der Waals surface area contributed by atoms with Gasteiger partial charge in [-0.3, -0.25) is 0 Å². The van der Waals surface area contributed by atoms with Crippen LogP contribution in [0.3, 0.4) is 0 Å². The number of aryl methyl sites for hydroxylation is 1. The smallest absolute Gasteiger partial charge is 0.118 e. The van der Waals surface area contributed by atoms with E-state index in [-0.39, 0.29) is 6.61 Å². The zero-order valence-corrected chi connectivity index (χ0v) is 21.2. The number of benzene rings is 4. The van der Waals surface area contributed by atoms with Gasteiger partial charge < -0.3 is 14.4 Å². The summed E-state index contributed by atoms with van der Waals surface area (Å²) in [7, 11) is 1.67. The van der Waals surface area contributed by atoms with Gasteiger partial charge in [-0.1, -0.05) is 49.2 Å². The van der Waals surface area contributed by atoms with Crippen LogP contribution in [0.1, 0.15) is 47.6 Å². The first kappa shape index (κ1) is 24.3. The largest absolute Gasteiger partial charge is 0.497 e. The van der Waals surface area contributed by atoms with Crippen molar-refractivity contribution in [3.05, 3.63) is 113 Å². The lowest BCUT2D eigenvalue weighted by Crippen LogP contribution is -1.97. The predicted octanol–water partition coefficient (Wildman–Crippen LogP) is 6.90. The van der Waals surface area contributed by atoms with Gasteiger partial charge in [-0.2, -0.15) is 0 Å². The van der Waals surface area contributed by atoms with E-state index in [1.54, 1.807) is 7.11 Å². The quantitative estimate of drug-likeness (QED) is 0.276. The van der Waals surface area contributed by atoms with Crippen molar-refractivity contribution in [1.82, 2.24) is 4.57 Å². The van der Waals surface area contributed by atoms with Crippen molar-refractivity contribution in [2.24, 2.45) is 0 Å². The number of aromatic nitrogens is 1. The topological polar surface area (TPSA) is 34.4 Å². The number of ether oxygens (including phenoxy) is 1. The molecular formula is C34H29NO2. The molecule has 0 fully saturated rings. The van der Waals surface area contributed by atoms with Crippen LogP contribution in [0.5, 0.6) is 5.75 Å². The van der Waals surface area contributed by atoms with E-state index >= 15 is 0 Å². The molecule has 3 nitrogen and oxygen atoms in total. The molecule has 0 radical (unpaired) electrons. The highest BCUT2D eigenvalue weighted by molar-refractivity contribution is 6.09. The number of fused-ring (bicyclic) bond motifs is 3. The fraction of sp³-hybridized carbons (Fsp3) is 0.176. The van der Waals surface area contributed by atoms with Gasteiger partial charge in [-0.05, 0) is 84.8 Å². The molecule has 1 aromatic heterocycles. The van der Waals surface area contributed by atoms with Crippen molar-refractivity contribution in [1.29, 1.82) is 0 Å². The molecule has 5 aromatic rings. The Kier molecular flexibility index (Phi) is 7.27. The zero-order chi connectivity index (χ0) is 25.6. The maximum absolute atomic E-state index is 9.26. The molecule has 0 spiro atoms. The van der Waals surface area contributed by atoms with E-state index in [9.17, 15) is 5.11 Å². The third-order valence-electron chi connectivity index (χ3n) is 6.53. The fourth-order valence-corrected chi connectivity index (χ4v) is 4.47. The van der Waals surface area contributed by atoms with E-state index in [1.165, 1.54) is 21.8 Å². The molecule has 3 heteroatoms. The lowest BCUT2D eigenvalue weighted by Gasteiger charge is -2.06. The third kappa shape index (κ3) is 5.39. The number of aliphatic hydroxyl groups is 1. The molecule has 0 atom stereocenters. The second-order valence-electron chi connectivity index (χ2n) is 9.05. The van der Waals surface area contributed by atoms with E-state index in [4.69, 9.17) is 4.74 Å². The Bertz CT molecular complexity index is 1550. The molecule has 0 saturated heterocycles. The Morgan fingerprint density at radius 3 is 1.65 bits per heavy atom. The van der Waals surface area contributed by atoms with Crippen LogP contribution in [-0.2, 0) is 13.2 Å². The normalized spacial score (nSPS) is 10.6. The Hall–Kier alpha value is -4.44. The van der Waals surface area contributed by atoms with Crippen LogP contribution < -0.4 is 4.74 Å². The summed E-state index contributed by atoms with van der Waals surface area (Å²) in [6.45, 7) is 3.25. The number of nitrogens with zero attached hydrogens (tertiary/aromatic N) is 1. The van der Waals surface area contributed by atoms with Gasteiger partial charge in [0.25, 0.3) is 0 Å². The van der Waals surface area contributed by atoms with Gasteiger partial charge >= 0.3 is 0 Å². The molecule has 0 amide bonds. The van der Waals surface area contributed by atoms with Crippen LogP contribution in [0, 0.1) is 23.7 Å². The molecular weight excluding hydrogens is 454 g/mol. The average molecular weight is 484 g/mol. The molecule has 0 saturated carbocycles. The molecule has 1 N–H and O–H groups in total. The molecule has 0 aliphatic heterocycles. The van der Waals surface area contributed by atoms with Crippen molar-refractivity contribution in [3.63, 3.8) is 0 Å². The van der Waals surface area contributed by atoms with E-state index < -0.39 is 0 Å². The van der Waals surface area contributed by atoms with Crippen LogP contribution in [0.4, 0.5) is 0 Å². The van der Waals surface area contributed by atoms with Crippen molar-refractivity contribution < 1.29 is 9.84 Å². The van der Waals surface area contributed by atoms with Crippen LogP contribution in [0.15, 0.2) is 84.9 Å². The van der Waals surface area contributed by atoms with Crippen molar-refractivity contribution in [2.45, 2.75) is 32.9 Å². The predicted molar refractivity (Wildman–Crippen MR) is 152 cm³/mol. The van der Waals surface area contributed by atoms with E-state index in [0.717, 1.165) is 53.0 Å². The maximum atomic E-state index is 9.26. The number of aliphatic hydroxyl groups excluding tert-OH is 1. The Morgan fingerprint density at radius 2 is 1.16 bits per heavy atom. The summed E-state index contributed by atoms with van der Waals surface area (Å²) in [5.41, 5.74) is 7.18. The average Bonchev–Trinajstić information content (AvgIpc) is 3.26. The standard InChI is InChI=1S/C34H29NO2/c1-3-4-21-35-33-19-15-27(9-5-25-7-11-29(24-36)12-8-25)22-31(33)32-23-28(16-20-34(32)35)10-6-26-13-17-30(37-2)18-14-26/h7-8,11-20,22-23,36H,3-4,21,24H2,1-2H3. The summed E-state index contributed by atoms with van der Waals surface area (Å²) in [5.74, 6) is 14.0. The van der Waals surface area contributed by atoms with Gasteiger partial charge in [0.05, 0.1) is 13.7 Å². The second-order valence-corrected chi connectivity index (χ2v) is 9.05. The van der Waals surface area contributed by atoms with Gasteiger partial charge in [-0.25, -0.2) is 0 Å². The number of hydrogen-bond acceptors (Lipinski definition) is 2. The van der Waals surface area contributed by atoms with Crippen LogP contribution in [0.2, 0.25) is 0 Å². The van der Waals surface area contributed by atoms with Gasteiger partial charge in [0.2, 0.25) is 0 Å². The van der Waals surface area contributed by atoms with Crippen molar-refractivity contribution in [3.8, 4) is 29.4 Å². The van der Waals surface area contributed by atoms with E-state index in [2.05, 4.69) is 71.6 Å². The SMILES string of the molecule is CCCCn1c2ccc(C#Cc3ccc(CO)cc3)cc2c2cc(C#Cc3ccc(OC)cc3)ccc21. The third-order valence-corrected chi connectivity index (χ3v) is 6.53. The first-order chi connectivity index (χ1) is 18.2. The van der Waals surface area contributed by atoms with E-state index in [0.29, 0.717) is 0 Å². The number of methoxy groups -OCH3 is 1. The minimum absolute atomic E-state index is 0.0406. The first-order valence-electron chi connectivity index (χ1n) is 12.6. The number of hydrogen-bond donors (Lipinski definition) is 1. The highest BCUT2D eigenvalue weighted by atomic mass is 16.5. The Morgan fingerprint density at radius 1 is 0.676 bits per heavy atom. The molecule has 4 aromatic carbocycles. The van der Waals surface area contributed by atoms with Gasteiger partial charge in [0.15, 0.2) is 0 Å². The first-order valence-corrected chi connectivity index (χ1v) is 12.6. The van der Waals surface area contributed by atoms with Crippen LogP contribution >= 0.6 is 0 Å². The molecule has 0 aliphatic rings. The molecule has 0 bridgehead atoms. The number of rotatable bonds is 5. The number of unbranched alkanes of at least 4 members (excludes halogenated alkanes) is 1. The molecule has 37 heavy (non-hydrogen) atoms. The van der Waals surface area contributed by atoms with Crippen molar-refractivity contribution in [2.75, 3.05) is 7.11 Å². The van der Waals surface area contributed by atoms with Crippen LogP contribution in [0.25, 0.3) is 21.8 Å². The second kappa shape index (κ2) is 11.1. The fourth-order valence-electron chi connectivity index (χ4n) is 4.47. The Labute approximate surface area is 218 Å². The molecule has 5 rings (SSSR count). The minimum atomic E-state index is 0.0406. The summed E-state index contributed by atoms with van der Waals surface area (Å²) >= 11 is 0. The lowest BCUT2D eigenvalue weighted by atomic mass is 10.1. The van der Waals surface area contributed by atoms with Crippen molar-refractivity contribution >= 4 is 21.8 Å². The zero-order valence-electron chi connectivity index (χ0n) is 21.2. The highest BCUT2D eigenvalue weighted by Gasteiger charge is 2.11. The van der Waals surface area contributed by atoms with Crippen LogP contribution in [-0.4, -0.2) is 16.8 Å². The highest BCUT2D eigenvalue weighted by Crippen LogP contribution is 2.31. The summed E-state index contributed by atoms with van der Waals surface area (Å²) in [4.78, 5) is 0. The molecule has 0 aliphatic carbocycles. The van der Waals surface area contributed by atoms with Gasteiger partial charge in [-0.15, -0.1) is 0 Å². The summed E-state index contributed by atoms with van der Waals surface area (Å²) in [6, 6.07) is 28.5. The minimum Gasteiger partial charge on any atom is -0.497 e. The molecule has 0 unspecified atom stereocenters. The lowest BCUT2D eigenvalue weighted by molar-refractivity contribution is 0.282.